The van der Waals surface area contributed by atoms with E-state index in [9.17, 15) is 8.42 Å². The first-order valence-electron chi connectivity index (χ1n) is 5.88. The third-order valence-electron chi connectivity index (χ3n) is 2.44. The first-order chi connectivity index (χ1) is 8.45. The fraction of sp³-hybridized carbons (Fsp3) is 0.545. The number of nitrogens with zero attached hydrogens (tertiary/aromatic N) is 1. The number of hydrogen-bond acceptors (Lipinski definition) is 5. The fourth-order valence-electron chi connectivity index (χ4n) is 1.46. The van der Waals surface area contributed by atoms with E-state index in [0.717, 1.165) is 12.8 Å². The molecule has 0 bridgehead atoms. The van der Waals surface area contributed by atoms with E-state index in [-0.39, 0.29) is 4.90 Å². The highest BCUT2D eigenvalue weighted by Crippen LogP contribution is 2.12. The molecule has 0 saturated heterocycles. The fourth-order valence-corrected chi connectivity index (χ4v) is 2.54. The molecule has 0 aliphatic heterocycles. The van der Waals surface area contributed by atoms with E-state index >= 15 is 0 Å². The normalized spacial score (nSPS) is 11.8. The lowest BCUT2D eigenvalue weighted by atomic mass is 10.1. The Kier molecular flexibility index (Phi) is 5.52. The molecule has 1 aromatic rings. The van der Waals surface area contributed by atoms with E-state index < -0.39 is 10.0 Å². The van der Waals surface area contributed by atoms with Crippen molar-refractivity contribution >= 4 is 15.8 Å². The van der Waals surface area contributed by atoms with Gasteiger partial charge in [-0.15, -0.1) is 0 Å². The second-order valence-electron chi connectivity index (χ2n) is 4.45. The number of anilines is 1. The number of hydrazine groups is 1. The van der Waals surface area contributed by atoms with E-state index in [1.165, 1.54) is 18.3 Å². The van der Waals surface area contributed by atoms with Gasteiger partial charge in [0, 0.05) is 18.8 Å². The lowest BCUT2D eigenvalue weighted by Gasteiger charge is -2.08. The van der Waals surface area contributed by atoms with Crippen LogP contribution in [0, 0.1) is 5.92 Å². The average Bonchev–Trinajstić information content (AvgIpc) is 2.34. The molecule has 1 heterocycles. The summed E-state index contributed by atoms with van der Waals surface area (Å²) < 4.78 is 26.4. The van der Waals surface area contributed by atoms with Gasteiger partial charge in [0.1, 0.15) is 5.82 Å². The van der Waals surface area contributed by atoms with Gasteiger partial charge in [-0.05, 0) is 24.8 Å². The standard InChI is InChI=1S/C11H20N4O2S/c1-9(2)4-3-6-14-18(16,17)10-5-7-13-11(8-10)15-12/h5,7-9,14H,3-4,6,12H2,1-2H3,(H,13,15). The first-order valence-corrected chi connectivity index (χ1v) is 7.36. The summed E-state index contributed by atoms with van der Waals surface area (Å²) in [6.45, 7) is 4.65. The minimum Gasteiger partial charge on any atom is -0.308 e. The zero-order valence-electron chi connectivity index (χ0n) is 10.7. The molecule has 0 spiro atoms. The van der Waals surface area contributed by atoms with Gasteiger partial charge in [0.05, 0.1) is 4.90 Å². The van der Waals surface area contributed by atoms with E-state index in [0.29, 0.717) is 18.3 Å². The molecule has 18 heavy (non-hydrogen) atoms. The molecule has 0 fully saturated rings. The summed E-state index contributed by atoms with van der Waals surface area (Å²) in [7, 11) is -3.48. The Balaban J connectivity index is 2.62. The quantitative estimate of drug-likeness (QED) is 0.392. The van der Waals surface area contributed by atoms with Gasteiger partial charge in [-0.25, -0.2) is 24.0 Å². The summed E-state index contributed by atoms with van der Waals surface area (Å²) in [6, 6.07) is 2.83. The third-order valence-corrected chi connectivity index (χ3v) is 3.90. The van der Waals surface area contributed by atoms with Crippen molar-refractivity contribution in [3.05, 3.63) is 18.3 Å². The van der Waals surface area contributed by atoms with Gasteiger partial charge in [0.2, 0.25) is 10.0 Å². The van der Waals surface area contributed by atoms with Gasteiger partial charge in [-0.1, -0.05) is 13.8 Å². The van der Waals surface area contributed by atoms with Crippen molar-refractivity contribution in [3.8, 4) is 0 Å². The highest BCUT2D eigenvalue weighted by molar-refractivity contribution is 7.89. The maximum absolute atomic E-state index is 11.9. The van der Waals surface area contributed by atoms with E-state index in [2.05, 4.69) is 29.0 Å². The van der Waals surface area contributed by atoms with Crippen molar-refractivity contribution in [3.63, 3.8) is 0 Å². The number of rotatable bonds is 7. The SMILES string of the molecule is CC(C)CCCNS(=O)(=O)c1ccnc(NN)c1. The molecule has 0 radical (unpaired) electrons. The van der Waals surface area contributed by atoms with Crippen LogP contribution in [-0.2, 0) is 10.0 Å². The Bertz CT molecular complexity index is 474. The Morgan fingerprint density at radius 3 is 2.78 bits per heavy atom. The maximum atomic E-state index is 11.9. The van der Waals surface area contributed by atoms with Crippen LogP contribution in [0.4, 0.5) is 5.82 Å². The summed E-state index contributed by atoms with van der Waals surface area (Å²) in [5, 5.41) is 0. The molecule has 7 heteroatoms. The van der Waals surface area contributed by atoms with Crippen LogP contribution in [0.2, 0.25) is 0 Å². The lowest BCUT2D eigenvalue weighted by Crippen LogP contribution is -2.25. The second-order valence-corrected chi connectivity index (χ2v) is 6.22. The predicted octanol–water partition coefficient (Wildman–Crippen LogP) is 1.08. The first kappa shape index (κ1) is 14.9. The van der Waals surface area contributed by atoms with Crippen LogP contribution in [0.25, 0.3) is 0 Å². The van der Waals surface area contributed by atoms with Crippen LogP contribution < -0.4 is 16.0 Å². The number of hydrogen-bond donors (Lipinski definition) is 3. The lowest BCUT2D eigenvalue weighted by molar-refractivity contribution is 0.540. The van der Waals surface area contributed by atoms with E-state index in [1.54, 1.807) is 0 Å². The molecular weight excluding hydrogens is 252 g/mol. The molecule has 1 rings (SSSR count). The molecule has 0 atom stereocenters. The zero-order chi connectivity index (χ0) is 13.6. The van der Waals surface area contributed by atoms with Gasteiger partial charge in [0.15, 0.2) is 0 Å². The van der Waals surface area contributed by atoms with E-state index in [4.69, 9.17) is 5.84 Å². The second kappa shape index (κ2) is 6.67. The zero-order valence-corrected chi connectivity index (χ0v) is 11.5. The summed E-state index contributed by atoms with van der Waals surface area (Å²) in [5.41, 5.74) is 2.32. The van der Waals surface area contributed by atoms with Crippen LogP contribution in [0.15, 0.2) is 23.2 Å². The Hall–Kier alpha value is -1.18. The molecule has 0 aliphatic rings. The molecule has 0 amide bonds. The Labute approximate surface area is 108 Å². The highest BCUT2D eigenvalue weighted by atomic mass is 32.2. The van der Waals surface area contributed by atoms with Gasteiger partial charge in [-0.2, -0.15) is 0 Å². The van der Waals surface area contributed by atoms with Crippen molar-refractivity contribution in [2.75, 3.05) is 12.0 Å². The summed E-state index contributed by atoms with van der Waals surface area (Å²) in [5.74, 6) is 6.08. The molecule has 102 valence electrons. The van der Waals surface area contributed by atoms with Crippen LogP contribution in [0.5, 0.6) is 0 Å². The molecular formula is C11H20N4O2S. The van der Waals surface area contributed by atoms with Crippen molar-refractivity contribution in [1.82, 2.24) is 9.71 Å². The summed E-state index contributed by atoms with van der Waals surface area (Å²) in [6.07, 6.45) is 3.22. The Morgan fingerprint density at radius 1 is 1.44 bits per heavy atom. The molecule has 0 saturated carbocycles. The van der Waals surface area contributed by atoms with Gasteiger partial charge >= 0.3 is 0 Å². The molecule has 6 nitrogen and oxygen atoms in total. The van der Waals surface area contributed by atoms with Crippen molar-refractivity contribution in [2.45, 2.75) is 31.6 Å². The average molecular weight is 272 g/mol. The molecule has 4 N–H and O–H groups in total. The minimum atomic E-state index is -3.48. The number of pyridine rings is 1. The van der Waals surface area contributed by atoms with Gasteiger partial charge in [0.25, 0.3) is 0 Å². The van der Waals surface area contributed by atoms with Crippen molar-refractivity contribution < 1.29 is 8.42 Å². The largest absolute Gasteiger partial charge is 0.308 e. The minimum absolute atomic E-state index is 0.162. The van der Waals surface area contributed by atoms with Crippen LogP contribution in [0.1, 0.15) is 26.7 Å². The molecule has 0 unspecified atom stereocenters. The predicted molar refractivity (Wildman–Crippen MR) is 71.3 cm³/mol. The third kappa shape index (κ3) is 4.59. The Morgan fingerprint density at radius 2 is 2.17 bits per heavy atom. The number of nitrogen functional groups attached to an aromatic ring is 1. The van der Waals surface area contributed by atoms with Crippen LogP contribution in [-0.4, -0.2) is 19.9 Å². The van der Waals surface area contributed by atoms with E-state index in [1.807, 2.05) is 0 Å². The monoisotopic (exact) mass is 272 g/mol. The number of aromatic nitrogens is 1. The van der Waals surface area contributed by atoms with Crippen molar-refractivity contribution in [2.24, 2.45) is 11.8 Å². The van der Waals surface area contributed by atoms with Crippen LogP contribution in [0.3, 0.4) is 0 Å². The van der Waals surface area contributed by atoms with Gasteiger partial charge < -0.3 is 5.43 Å². The number of sulfonamides is 1. The maximum Gasteiger partial charge on any atom is 0.240 e. The van der Waals surface area contributed by atoms with Crippen LogP contribution >= 0.6 is 0 Å². The smallest absolute Gasteiger partial charge is 0.240 e. The topological polar surface area (TPSA) is 97.1 Å². The summed E-state index contributed by atoms with van der Waals surface area (Å²) in [4.78, 5) is 4.02. The number of nitrogens with one attached hydrogen (secondary N) is 2. The molecule has 1 aromatic heterocycles. The summed E-state index contributed by atoms with van der Waals surface area (Å²) >= 11 is 0. The number of nitrogens with two attached hydrogens (primary N) is 1. The highest BCUT2D eigenvalue weighted by Gasteiger charge is 2.13. The van der Waals surface area contributed by atoms with Gasteiger partial charge in [-0.3, -0.25) is 0 Å². The molecule has 0 aromatic carbocycles. The molecule has 0 aliphatic carbocycles. The van der Waals surface area contributed by atoms with Crippen molar-refractivity contribution in [1.29, 1.82) is 0 Å².